The van der Waals surface area contributed by atoms with E-state index in [9.17, 15) is 13.2 Å². The summed E-state index contributed by atoms with van der Waals surface area (Å²) in [5, 5.41) is 3.81. The first kappa shape index (κ1) is 21.0. The van der Waals surface area contributed by atoms with Crippen LogP contribution < -0.4 is 5.32 Å². The zero-order valence-corrected chi connectivity index (χ0v) is 17.6. The number of nitrogens with zero attached hydrogens (tertiary/aromatic N) is 1. The Labute approximate surface area is 181 Å². The molecule has 0 aromatic heterocycles. The van der Waals surface area contributed by atoms with Crippen molar-refractivity contribution in [2.75, 3.05) is 19.7 Å². The van der Waals surface area contributed by atoms with Gasteiger partial charge in [0.2, 0.25) is 0 Å². The molecule has 1 unspecified atom stereocenters. The first-order valence-corrected chi connectivity index (χ1v) is 11.2. The number of likely N-dealkylation sites (tertiary alicyclic amines) is 1. The molecule has 3 atom stereocenters. The summed E-state index contributed by atoms with van der Waals surface area (Å²) in [6.45, 7) is 3.31. The largest absolute Gasteiger partial charge is 0.416 e. The minimum absolute atomic E-state index is 0.0363. The van der Waals surface area contributed by atoms with Crippen LogP contribution >= 0.6 is 0 Å². The maximum Gasteiger partial charge on any atom is 0.416 e. The van der Waals surface area contributed by atoms with Gasteiger partial charge in [0.1, 0.15) is 0 Å². The van der Waals surface area contributed by atoms with Gasteiger partial charge in [0.05, 0.1) is 17.8 Å². The van der Waals surface area contributed by atoms with Crippen LogP contribution in [0.5, 0.6) is 0 Å². The van der Waals surface area contributed by atoms with Crippen LogP contribution in [-0.4, -0.2) is 42.3 Å². The first-order valence-electron chi connectivity index (χ1n) is 11.2. The molecular weight excluding hydrogens is 401 g/mol. The van der Waals surface area contributed by atoms with Crippen LogP contribution in [0.1, 0.15) is 48.3 Å². The van der Waals surface area contributed by atoms with Gasteiger partial charge in [-0.1, -0.05) is 42.5 Å². The number of hydrogen-bond acceptors (Lipinski definition) is 3. The second-order valence-corrected chi connectivity index (χ2v) is 9.39. The molecule has 6 heteroatoms. The predicted molar refractivity (Wildman–Crippen MR) is 114 cm³/mol. The highest BCUT2D eigenvalue weighted by atomic mass is 19.4. The zero-order chi connectivity index (χ0) is 21.5. The molecule has 166 valence electrons. The van der Waals surface area contributed by atoms with Crippen molar-refractivity contribution in [1.82, 2.24) is 10.2 Å². The Morgan fingerprint density at radius 2 is 1.71 bits per heavy atom. The summed E-state index contributed by atoms with van der Waals surface area (Å²) in [5.41, 5.74) is 1.73. The molecule has 0 bridgehead atoms. The van der Waals surface area contributed by atoms with E-state index in [0.29, 0.717) is 24.5 Å². The van der Waals surface area contributed by atoms with Gasteiger partial charge in [-0.25, -0.2) is 0 Å². The third-order valence-electron chi connectivity index (χ3n) is 7.13. The van der Waals surface area contributed by atoms with Crippen molar-refractivity contribution < 1.29 is 17.9 Å². The maximum absolute atomic E-state index is 12.7. The minimum Gasteiger partial charge on any atom is -0.373 e. The van der Waals surface area contributed by atoms with Gasteiger partial charge >= 0.3 is 6.18 Å². The smallest absolute Gasteiger partial charge is 0.373 e. The van der Waals surface area contributed by atoms with Gasteiger partial charge in [-0.3, -0.25) is 4.90 Å². The first-order chi connectivity index (χ1) is 14.9. The van der Waals surface area contributed by atoms with Gasteiger partial charge in [-0.05, 0) is 48.9 Å². The summed E-state index contributed by atoms with van der Waals surface area (Å²) in [4.78, 5) is 2.32. The number of rotatable bonds is 5. The molecule has 2 heterocycles. The van der Waals surface area contributed by atoms with Crippen molar-refractivity contribution in [2.24, 2.45) is 0 Å². The summed E-state index contributed by atoms with van der Waals surface area (Å²) in [6, 6.07) is 17.2. The molecule has 3 aliphatic rings. The van der Waals surface area contributed by atoms with Crippen molar-refractivity contribution in [3.8, 4) is 0 Å². The number of hydrogen-bond donors (Lipinski definition) is 1. The fourth-order valence-corrected chi connectivity index (χ4v) is 5.23. The van der Waals surface area contributed by atoms with Gasteiger partial charge in [-0.15, -0.1) is 0 Å². The average molecular weight is 431 g/mol. The van der Waals surface area contributed by atoms with Crippen molar-refractivity contribution >= 4 is 0 Å². The maximum atomic E-state index is 12.7. The molecule has 1 aliphatic carbocycles. The lowest BCUT2D eigenvalue weighted by Crippen LogP contribution is -2.44. The van der Waals surface area contributed by atoms with E-state index in [1.54, 1.807) is 12.1 Å². The molecule has 2 aliphatic heterocycles. The standard InChI is InChI=1S/C25H29F3N2O/c26-25(27,28)20-8-6-18(7-9-20)16-30-12-10-24(11-13-30)15-21(17-31-24)29-23-14-22(23)19-4-2-1-3-5-19/h1-9,21-23,29H,10-17H2/t21?,22-,23+/m0/s1. The molecule has 1 spiro atoms. The lowest BCUT2D eigenvalue weighted by molar-refractivity contribution is -0.137. The minimum atomic E-state index is -4.28. The number of benzene rings is 2. The van der Waals surface area contributed by atoms with E-state index in [4.69, 9.17) is 4.74 Å². The van der Waals surface area contributed by atoms with E-state index in [1.165, 1.54) is 24.1 Å². The van der Waals surface area contributed by atoms with Gasteiger partial charge < -0.3 is 10.1 Å². The second-order valence-electron chi connectivity index (χ2n) is 9.39. The number of halogens is 3. The Hall–Kier alpha value is -1.89. The van der Waals surface area contributed by atoms with Gasteiger partial charge in [0, 0.05) is 37.6 Å². The van der Waals surface area contributed by atoms with Gasteiger partial charge in [0.15, 0.2) is 0 Å². The van der Waals surface area contributed by atoms with Crippen LogP contribution in [0, 0.1) is 0 Å². The third-order valence-corrected chi connectivity index (χ3v) is 7.13. The quantitative estimate of drug-likeness (QED) is 0.725. The van der Waals surface area contributed by atoms with Crippen molar-refractivity contribution in [3.05, 3.63) is 71.3 Å². The third kappa shape index (κ3) is 4.81. The van der Waals surface area contributed by atoms with E-state index in [0.717, 1.165) is 44.5 Å². The molecule has 31 heavy (non-hydrogen) atoms. The summed E-state index contributed by atoms with van der Waals surface area (Å²) < 4.78 is 44.5. The molecule has 0 amide bonds. The molecule has 2 aromatic carbocycles. The van der Waals surface area contributed by atoms with E-state index >= 15 is 0 Å². The molecule has 3 nitrogen and oxygen atoms in total. The lowest BCUT2D eigenvalue weighted by atomic mass is 9.87. The number of alkyl halides is 3. The van der Waals surface area contributed by atoms with Crippen LogP contribution in [-0.2, 0) is 17.5 Å². The van der Waals surface area contributed by atoms with Crippen LogP contribution in [0.3, 0.4) is 0 Å². The Morgan fingerprint density at radius 3 is 2.39 bits per heavy atom. The molecule has 0 radical (unpaired) electrons. The Balaban J connectivity index is 1.08. The lowest BCUT2D eigenvalue weighted by Gasteiger charge is -2.38. The van der Waals surface area contributed by atoms with E-state index in [1.807, 2.05) is 0 Å². The SMILES string of the molecule is FC(F)(F)c1ccc(CN2CCC3(CC2)CC(N[C@@H]2C[C@H]2c2ccccc2)CO3)cc1. The van der Waals surface area contributed by atoms with Crippen LogP contribution in [0.2, 0.25) is 0 Å². The van der Waals surface area contributed by atoms with E-state index < -0.39 is 11.7 Å². The molecule has 1 saturated carbocycles. The van der Waals surface area contributed by atoms with Crippen LogP contribution in [0.25, 0.3) is 0 Å². The average Bonchev–Trinajstić information content (AvgIpc) is 3.42. The highest BCUT2D eigenvalue weighted by molar-refractivity contribution is 5.28. The number of nitrogens with one attached hydrogen (secondary N) is 1. The van der Waals surface area contributed by atoms with Crippen molar-refractivity contribution in [3.63, 3.8) is 0 Å². The second kappa shape index (κ2) is 8.23. The summed E-state index contributed by atoms with van der Waals surface area (Å²) in [7, 11) is 0. The van der Waals surface area contributed by atoms with Crippen molar-refractivity contribution in [2.45, 2.75) is 62.0 Å². The number of ether oxygens (including phenoxy) is 1. The van der Waals surface area contributed by atoms with Crippen LogP contribution in [0.4, 0.5) is 13.2 Å². The van der Waals surface area contributed by atoms with Crippen molar-refractivity contribution in [1.29, 1.82) is 0 Å². The van der Waals surface area contributed by atoms with Gasteiger partial charge in [0.25, 0.3) is 0 Å². The highest BCUT2D eigenvalue weighted by Crippen LogP contribution is 2.43. The summed E-state index contributed by atoms with van der Waals surface area (Å²) >= 11 is 0. The monoisotopic (exact) mass is 430 g/mol. The zero-order valence-electron chi connectivity index (χ0n) is 17.6. The molecular formula is C25H29F3N2O. The topological polar surface area (TPSA) is 24.5 Å². The van der Waals surface area contributed by atoms with Gasteiger partial charge in [-0.2, -0.15) is 13.2 Å². The molecule has 2 saturated heterocycles. The predicted octanol–water partition coefficient (Wildman–Crippen LogP) is 4.97. The van der Waals surface area contributed by atoms with E-state index in [-0.39, 0.29) is 5.60 Å². The highest BCUT2D eigenvalue weighted by Gasteiger charge is 2.46. The Morgan fingerprint density at radius 1 is 1.00 bits per heavy atom. The molecule has 5 rings (SSSR count). The molecule has 2 aromatic rings. The van der Waals surface area contributed by atoms with E-state index in [2.05, 4.69) is 40.5 Å². The fraction of sp³-hybridized carbons (Fsp3) is 0.520. The number of piperidine rings is 1. The normalized spacial score (nSPS) is 28.2. The van der Waals surface area contributed by atoms with Crippen LogP contribution in [0.15, 0.2) is 54.6 Å². The Kier molecular flexibility index (Phi) is 5.57. The fourth-order valence-electron chi connectivity index (χ4n) is 5.23. The Bertz CT molecular complexity index is 876. The summed E-state index contributed by atoms with van der Waals surface area (Å²) in [6.07, 6.45) is -0.0489. The summed E-state index contributed by atoms with van der Waals surface area (Å²) in [5.74, 6) is 0.628. The molecule has 3 fully saturated rings. The molecule has 1 N–H and O–H groups in total.